The Bertz CT molecular complexity index is 697. The number of hydrogen-bond donors (Lipinski definition) is 1. The van der Waals surface area contributed by atoms with Gasteiger partial charge in [-0.05, 0) is 63.1 Å². The van der Waals surface area contributed by atoms with Gasteiger partial charge < -0.3 is 10.1 Å². The SMILES string of the molecule is Cc1ccc(NC(=O)[C@@H](C)Oc2ccc(Cl)c(C)c2)c(C)c1. The zero-order chi connectivity index (χ0) is 16.3. The van der Waals surface area contributed by atoms with Crippen LogP contribution in [0.25, 0.3) is 0 Å². The number of anilines is 1. The van der Waals surface area contributed by atoms with Crippen molar-refractivity contribution in [3.8, 4) is 5.75 Å². The molecule has 22 heavy (non-hydrogen) atoms. The fourth-order valence-corrected chi connectivity index (χ4v) is 2.25. The molecule has 0 aliphatic rings. The molecule has 1 N–H and O–H groups in total. The number of rotatable bonds is 4. The molecule has 1 atom stereocenters. The van der Waals surface area contributed by atoms with Crippen LogP contribution in [-0.2, 0) is 4.79 Å². The summed E-state index contributed by atoms with van der Waals surface area (Å²) in [6.45, 7) is 7.61. The van der Waals surface area contributed by atoms with Gasteiger partial charge in [-0.25, -0.2) is 0 Å². The minimum absolute atomic E-state index is 0.181. The van der Waals surface area contributed by atoms with E-state index in [1.54, 1.807) is 19.1 Å². The summed E-state index contributed by atoms with van der Waals surface area (Å²) in [5.74, 6) is 0.449. The quantitative estimate of drug-likeness (QED) is 0.889. The van der Waals surface area contributed by atoms with Crippen LogP contribution in [0.2, 0.25) is 5.02 Å². The minimum Gasteiger partial charge on any atom is -0.481 e. The average molecular weight is 318 g/mol. The third-order valence-electron chi connectivity index (χ3n) is 3.45. The van der Waals surface area contributed by atoms with E-state index in [1.807, 2.05) is 45.0 Å². The lowest BCUT2D eigenvalue weighted by atomic mass is 10.1. The molecule has 3 nitrogen and oxygen atoms in total. The van der Waals surface area contributed by atoms with Gasteiger partial charge in [0.25, 0.3) is 5.91 Å². The van der Waals surface area contributed by atoms with E-state index in [9.17, 15) is 4.79 Å². The second-order valence-electron chi connectivity index (χ2n) is 5.48. The summed E-state index contributed by atoms with van der Waals surface area (Å²) >= 11 is 5.98. The summed E-state index contributed by atoms with van der Waals surface area (Å²) in [6, 6.07) is 11.3. The van der Waals surface area contributed by atoms with Crippen molar-refractivity contribution < 1.29 is 9.53 Å². The average Bonchev–Trinajstić information content (AvgIpc) is 2.45. The van der Waals surface area contributed by atoms with Gasteiger partial charge in [0.2, 0.25) is 0 Å². The molecule has 116 valence electrons. The van der Waals surface area contributed by atoms with Crippen molar-refractivity contribution in [2.24, 2.45) is 0 Å². The van der Waals surface area contributed by atoms with Gasteiger partial charge in [-0.1, -0.05) is 29.3 Å². The molecular formula is C18H20ClNO2. The Morgan fingerprint density at radius 2 is 1.82 bits per heavy atom. The van der Waals surface area contributed by atoms with Crippen molar-refractivity contribution >= 4 is 23.2 Å². The van der Waals surface area contributed by atoms with Crippen LogP contribution < -0.4 is 10.1 Å². The van der Waals surface area contributed by atoms with Crippen molar-refractivity contribution in [3.63, 3.8) is 0 Å². The number of ether oxygens (including phenoxy) is 1. The first kappa shape index (κ1) is 16.4. The third kappa shape index (κ3) is 4.01. The summed E-state index contributed by atoms with van der Waals surface area (Å²) < 4.78 is 5.68. The first-order valence-corrected chi connectivity index (χ1v) is 7.55. The van der Waals surface area contributed by atoms with E-state index in [0.717, 1.165) is 22.4 Å². The molecular weight excluding hydrogens is 298 g/mol. The van der Waals surface area contributed by atoms with Gasteiger partial charge in [0.1, 0.15) is 5.75 Å². The van der Waals surface area contributed by atoms with Gasteiger partial charge in [-0.15, -0.1) is 0 Å². The molecule has 0 radical (unpaired) electrons. The lowest BCUT2D eigenvalue weighted by Gasteiger charge is -2.16. The van der Waals surface area contributed by atoms with Crippen molar-refractivity contribution in [3.05, 3.63) is 58.1 Å². The summed E-state index contributed by atoms with van der Waals surface area (Å²) in [6.07, 6.45) is -0.596. The van der Waals surface area contributed by atoms with E-state index in [1.165, 1.54) is 0 Å². The van der Waals surface area contributed by atoms with Gasteiger partial charge in [0.05, 0.1) is 0 Å². The van der Waals surface area contributed by atoms with Crippen molar-refractivity contribution in [2.45, 2.75) is 33.8 Å². The molecule has 0 fully saturated rings. The summed E-state index contributed by atoms with van der Waals surface area (Å²) in [7, 11) is 0. The summed E-state index contributed by atoms with van der Waals surface area (Å²) in [5, 5.41) is 3.57. The Kier molecular flexibility index (Phi) is 5.09. The normalized spacial score (nSPS) is 11.9. The largest absolute Gasteiger partial charge is 0.481 e. The van der Waals surface area contributed by atoms with Crippen molar-refractivity contribution in [2.75, 3.05) is 5.32 Å². The van der Waals surface area contributed by atoms with Crippen LogP contribution in [0.3, 0.4) is 0 Å². The molecule has 4 heteroatoms. The van der Waals surface area contributed by atoms with Crippen LogP contribution in [0.1, 0.15) is 23.6 Å². The molecule has 2 aromatic carbocycles. The number of amides is 1. The zero-order valence-electron chi connectivity index (χ0n) is 13.2. The maximum atomic E-state index is 12.2. The topological polar surface area (TPSA) is 38.3 Å². The predicted octanol–water partition coefficient (Wildman–Crippen LogP) is 4.67. The fraction of sp³-hybridized carbons (Fsp3) is 0.278. The van der Waals surface area contributed by atoms with Crippen molar-refractivity contribution in [1.29, 1.82) is 0 Å². The van der Waals surface area contributed by atoms with E-state index in [4.69, 9.17) is 16.3 Å². The lowest BCUT2D eigenvalue weighted by Crippen LogP contribution is -2.30. The molecule has 2 aromatic rings. The molecule has 0 aliphatic carbocycles. The smallest absolute Gasteiger partial charge is 0.265 e. The highest BCUT2D eigenvalue weighted by molar-refractivity contribution is 6.31. The first-order valence-electron chi connectivity index (χ1n) is 7.18. The number of carbonyl (C=O) groups excluding carboxylic acids is 1. The summed E-state index contributed by atoms with van der Waals surface area (Å²) in [4.78, 5) is 12.2. The van der Waals surface area contributed by atoms with Gasteiger partial charge in [-0.3, -0.25) is 4.79 Å². The van der Waals surface area contributed by atoms with Gasteiger partial charge in [0, 0.05) is 10.7 Å². The first-order chi connectivity index (χ1) is 10.4. The molecule has 2 rings (SSSR count). The van der Waals surface area contributed by atoms with Crippen LogP contribution in [0.15, 0.2) is 36.4 Å². The maximum absolute atomic E-state index is 12.2. The third-order valence-corrected chi connectivity index (χ3v) is 3.88. The van der Waals surface area contributed by atoms with Gasteiger partial charge in [0.15, 0.2) is 6.10 Å². The zero-order valence-corrected chi connectivity index (χ0v) is 14.0. The van der Waals surface area contributed by atoms with E-state index in [-0.39, 0.29) is 5.91 Å². The van der Waals surface area contributed by atoms with Gasteiger partial charge in [-0.2, -0.15) is 0 Å². The van der Waals surface area contributed by atoms with Crippen LogP contribution in [0, 0.1) is 20.8 Å². The minimum atomic E-state index is -0.596. The van der Waals surface area contributed by atoms with E-state index in [2.05, 4.69) is 5.32 Å². The van der Waals surface area contributed by atoms with E-state index >= 15 is 0 Å². The van der Waals surface area contributed by atoms with Crippen LogP contribution >= 0.6 is 11.6 Å². The number of nitrogens with one attached hydrogen (secondary N) is 1. The van der Waals surface area contributed by atoms with Crippen LogP contribution in [0.5, 0.6) is 5.75 Å². The molecule has 0 aromatic heterocycles. The van der Waals surface area contributed by atoms with Gasteiger partial charge >= 0.3 is 0 Å². The predicted molar refractivity (Wildman–Crippen MR) is 90.8 cm³/mol. The summed E-state index contributed by atoms with van der Waals surface area (Å²) in [5.41, 5.74) is 3.92. The highest BCUT2D eigenvalue weighted by atomic mass is 35.5. The van der Waals surface area contributed by atoms with E-state index < -0.39 is 6.10 Å². The fourth-order valence-electron chi connectivity index (χ4n) is 2.14. The molecule has 0 spiro atoms. The highest BCUT2D eigenvalue weighted by Gasteiger charge is 2.16. The standard InChI is InChI=1S/C18H20ClNO2/c1-11-5-8-17(13(3)9-11)20-18(21)14(4)22-15-6-7-16(19)12(2)10-15/h5-10,14H,1-4H3,(H,20,21)/t14-/m1/s1. The lowest BCUT2D eigenvalue weighted by molar-refractivity contribution is -0.122. The Balaban J connectivity index is 2.04. The molecule has 0 heterocycles. The number of aryl methyl sites for hydroxylation is 3. The van der Waals surface area contributed by atoms with E-state index in [0.29, 0.717) is 10.8 Å². The van der Waals surface area contributed by atoms with Crippen LogP contribution in [-0.4, -0.2) is 12.0 Å². The Hall–Kier alpha value is -2.00. The Morgan fingerprint density at radius 3 is 2.45 bits per heavy atom. The monoisotopic (exact) mass is 317 g/mol. The van der Waals surface area contributed by atoms with Crippen molar-refractivity contribution in [1.82, 2.24) is 0 Å². The second-order valence-corrected chi connectivity index (χ2v) is 5.89. The number of carbonyl (C=O) groups is 1. The number of hydrogen-bond acceptors (Lipinski definition) is 2. The molecule has 0 aliphatic heterocycles. The highest BCUT2D eigenvalue weighted by Crippen LogP contribution is 2.22. The number of benzene rings is 2. The van der Waals surface area contributed by atoms with Crippen LogP contribution in [0.4, 0.5) is 5.69 Å². The maximum Gasteiger partial charge on any atom is 0.265 e. The Labute approximate surface area is 136 Å². The molecule has 0 saturated carbocycles. The molecule has 1 amide bonds. The second kappa shape index (κ2) is 6.84. The molecule has 0 bridgehead atoms. The number of halogens is 1. The Morgan fingerprint density at radius 1 is 1.09 bits per heavy atom. The molecule has 0 unspecified atom stereocenters. The molecule has 0 saturated heterocycles.